The highest BCUT2D eigenvalue weighted by atomic mass is 31.2. The number of phosphoric acid groups is 1. The quantitative estimate of drug-likeness (QED) is 0.0195. The topological polar surface area (TPSA) is 111 Å². The van der Waals surface area contributed by atoms with Crippen LogP contribution in [-0.2, 0) is 32.7 Å². The van der Waals surface area contributed by atoms with Gasteiger partial charge >= 0.3 is 11.9 Å². The van der Waals surface area contributed by atoms with E-state index >= 15 is 0 Å². The lowest BCUT2D eigenvalue weighted by Crippen LogP contribution is -2.37. The smallest absolute Gasteiger partial charge is 0.309 e. The van der Waals surface area contributed by atoms with E-state index in [1.54, 1.807) is 6.08 Å². The van der Waals surface area contributed by atoms with Crippen molar-refractivity contribution in [1.82, 2.24) is 0 Å². The van der Waals surface area contributed by atoms with E-state index in [9.17, 15) is 19.0 Å². The van der Waals surface area contributed by atoms with Crippen LogP contribution in [0.5, 0.6) is 0 Å². The lowest BCUT2D eigenvalue weighted by atomic mass is 10.0. The number of hydrogen-bond acceptors (Lipinski definition) is 8. The summed E-state index contributed by atoms with van der Waals surface area (Å²) in [5.41, 5.74) is 0. The molecule has 0 N–H and O–H groups in total. The van der Waals surface area contributed by atoms with E-state index in [0.29, 0.717) is 23.9 Å². The summed E-state index contributed by atoms with van der Waals surface area (Å²) in [7, 11) is 1.09. The van der Waals surface area contributed by atoms with Crippen LogP contribution in [-0.4, -0.2) is 70.0 Å². The van der Waals surface area contributed by atoms with Crippen molar-refractivity contribution in [3.8, 4) is 0 Å². The number of esters is 2. The lowest BCUT2D eigenvalue weighted by Gasteiger charge is -2.28. The van der Waals surface area contributed by atoms with E-state index in [1.807, 2.05) is 33.3 Å². The fraction of sp³-hybridized carbons (Fsp3) is 0.586. The van der Waals surface area contributed by atoms with Gasteiger partial charge in [-0.3, -0.25) is 14.2 Å². The third-order valence-electron chi connectivity index (χ3n) is 10.2. The maximum absolute atomic E-state index is 12.7. The zero-order valence-corrected chi connectivity index (χ0v) is 44.1. The minimum absolute atomic E-state index is 0.0360. The molecule has 0 radical (unpaired) electrons. The average molecular weight is 964 g/mol. The van der Waals surface area contributed by atoms with E-state index in [2.05, 4.69) is 129 Å². The Kier molecular flexibility index (Phi) is 45.5. The van der Waals surface area contributed by atoms with Crippen molar-refractivity contribution in [3.63, 3.8) is 0 Å². The van der Waals surface area contributed by atoms with Gasteiger partial charge in [0.15, 0.2) is 6.10 Å². The molecule has 10 heteroatoms. The number of likely N-dealkylation sites (N-methyl/N-ethyl adjacent to an activating group) is 1. The van der Waals surface area contributed by atoms with Crippen molar-refractivity contribution in [3.05, 3.63) is 134 Å². The van der Waals surface area contributed by atoms with Gasteiger partial charge in [0, 0.05) is 6.42 Å². The van der Waals surface area contributed by atoms with Crippen molar-refractivity contribution in [2.45, 2.75) is 174 Å². The van der Waals surface area contributed by atoms with Gasteiger partial charge in [0.05, 0.1) is 34.2 Å². The second-order valence-electron chi connectivity index (χ2n) is 17.8. The molecule has 0 aromatic rings. The molecule has 384 valence electrons. The largest absolute Gasteiger partial charge is 0.756 e. The molecule has 0 saturated carbocycles. The molecule has 0 bridgehead atoms. The maximum atomic E-state index is 12.7. The second-order valence-corrected chi connectivity index (χ2v) is 19.2. The predicted octanol–water partition coefficient (Wildman–Crippen LogP) is 15.2. The minimum atomic E-state index is -4.66. The van der Waals surface area contributed by atoms with Gasteiger partial charge in [0.2, 0.25) is 0 Å². The van der Waals surface area contributed by atoms with Crippen LogP contribution in [0.3, 0.4) is 0 Å². The van der Waals surface area contributed by atoms with Gasteiger partial charge in [-0.25, -0.2) is 0 Å². The number of rotatable bonds is 45. The van der Waals surface area contributed by atoms with Crippen molar-refractivity contribution in [2.75, 3.05) is 47.5 Å². The molecule has 0 aliphatic rings. The van der Waals surface area contributed by atoms with Crippen molar-refractivity contribution >= 4 is 19.8 Å². The van der Waals surface area contributed by atoms with Crippen LogP contribution in [0.15, 0.2) is 134 Å². The van der Waals surface area contributed by atoms with Crippen LogP contribution in [0, 0.1) is 0 Å². The monoisotopic (exact) mass is 964 g/mol. The summed E-state index contributed by atoms with van der Waals surface area (Å²) in [6, 6.07) is 0. The van der Waals surface area contributed by atoms with Crippen LogP contribution in [0.25, 0.3) is 0 Å². The number of hydrogen-bond donors (Lipinski definition) is 0. The van der Waals surface area contributed by atoms with E-state index in [-0.39, 0.29) is 26.1 Å². The maximum Gasteiger partial charge on any atom is 0.309 e. The third-order valence-corrected chi connectivity index (χ3v) is 11.2. The highest BCUT2D eigenvalue weighted by Gasteiger charge is 2.21. The van der Waals surface area contributed by atoms with Crippen molar-refractivity contribution < 1.29 is 42.1 Å². The zero-order chi connectivity index (χ0) is 49.9. The Hall–Kier alpha value is -3.85. The Bertz CT molecular complexity index is 1610. The Balaban J connectivity index is 4.30. The van der Waals surface area contributed by atoms with E-state index in [1.165, 1.54) is 38.5 Å². The highest BCUT2D eigenvalue weighted by Crippen LogP contribution is 2.38. The molecular weight excluding hydrogens is 870 g/mol. The molecule has 2 atom stereocenters. The number of nitrogens with zero attached hydrogens (tertiary/aromatic N) is 1. The van der Waals surface area contributed by atoms with Gasteiger partial charge in [-0.15, -0.1) is 0 Å². The molecule has 0 aromatic carbocycles. The predicted molar refractivity (Wildman–Crippen MR) is 286 cm³/mol. The van der Waals surface area contributed by atoms with E-state index in [4.69, 9.17) is 18.5 Å². The van der Waals surface area contributed by atoms with Crippen LogP contribution >= 0.6 is 7.82 Å². The first-order chi connectivity index (χ1) is 33.0. The molecule has 0 aromatic heterocycles. The lowest BCUT2D eigenvalue weighted by molar-refractivity contribution is -0.870. The zero-order valence-electron chi connectivity index (χ0n) is 43.2. The molecule has 9 nitrogen and oxygen atoms in total. The van der Waals surface area contributed by atoms with E-state index in [0.717, 1.165) is 89.9 Å². The summed E-state index contributed by atoms with van der Waals surface area (Å²) in [4.78, 5) is 37.6. The number of carbonyl (C=O) groups is 2. The van der Waals surface area contributed by atoms with Crippen molar-refractivity contribution in [1.29, 1.82) is 0 Å². The third kappa shape index (κ3) is 51.5. The second kappa shape index (κ2) is 48.2. The molecule has 0 saturated heterocycles. The van der Waals surface area contributed by atoms with Gasteiger partial charge in [-0.05, 0) is 89.9 Å². The van der Waals surface area contributed by atoms with Crippen LogP contribution < -0.4 is 4.89 Å². The van der Waals surface area contributed by atoms with Gasteiger partial charge < -0.3 is 27.9 Å². The number of unbranched alkanes of at least 4 members (excludes halogenated alkanes) is 10. The fourth-order valence-corrected chi connectivity index (χ4v) is 6.99. The summed E-state index contributed by atoms with van der Waals surface area (Å²) in [6.07, 6.45) is 69.5. The van der Waals surface area contributed by atoms with Crippen LogP contribution in [0.1, 0.15) is 168 Å². The molecule has 0 fully saturated rings. The molecule has 0 heterocycles. The fourth-order valence-electron chi connectivity index (χ4n) is 6.26. The summed E-state index contributed by atoms with van der Waals surface area (Å²) >= 11 is 0. The Morgan fingerprint density at radius 3 is 1.25 bits per heavy atom. The molecule has 0 spiro atoms. The first-order valence-corrected chi connectivity index (χ1v) is 27.4. The summed E-state index contributed by atoms with van der Waals surface area (Å²) in [5, 5.41) is 0. The first kappa shape index (κ1) is 64.2. The number of quaternary nitrogens is 1. The Morgan fingerprint density at radius 1 is 0.471 bits per heavy atom. The standard InChI is InChI=1S/C58H94NO8P/c1-6-8-10-12-14-16-18-20-22-23-24-25-26-27-28-29-30-31-32-33-34-35-37-39-41-43-45-47-49-51-58(61)67-56(55-66-68(62,63)65-53-52-59(3,4)5)54-64-57(60)50-48-46-44-42-40-38-36-21-19-17-15-13-11-9-7-2/h8-11,14-17,20-22,24-25,27-28,30-31,36,40,42,46,48,56H,6-7,12-13,18-19,23,26,29,32-35,37-39,41,43-45,47,49-55H2,1-5H3/b10-8-,11-9-,16-14-,17-15-,22-20-,25-24-,28-27-,31-30-,36-21-,42-40-,48-46-. The highest BCUT2D eigenvalue weighted by molar-refractivity contribution is 7.45. The molecule has 0 aliphatic carbocycles. The molecule has 2 unspecified atom stereocenters. The molecule has 0 rings (SSSR count). The van der Waals surface area contributed by atoms with Gasteiger partial charge in [-0.1, -0.05) is 199 Å². The number of ether oxygens (including phenoxy) is 2. The number of phosphoric ester groups is 1. The Morgan fingerprint density at radius 2 is 0.838 bits per heavy atom. The van der Waals surface area contributed by atoms with Gasteiger partial charge in [0.1, 0.15) is 19.8 Å². The number of carbonyl (C=O) groups excluding carboxylic acids is 2. The first-order valence-electron chi connectivity index (χ1n) is 25.9. The van der Waals surface area contributed by atoms with Gasteiger partial charge in [-0.2, -0.15) is 0 Å². The van der Waals surface area contributed by atoms with Crippen LogP contribution in [0.2, 0.25) is 0 Å². The summed E-state index contributed by atoms with van der Waals surface area (Å²) in [6.45, 7) is 3.86. The van der Waals surface area contributed by atoms with E-state index < -0.39 is 32.5 Å². The SMILES string of the molecule is CC/C=C\C/C=C\C/C=C\C/C=C\C/C=C\C/C=C\CCCCCCCCCCCCC(=O)OC(COC(=O)C/C=C\C/C=C\C/C=C\C/C=C\C/C=C\CC)COP(=O)([O-])OCC[N+](C)(C)C. The summed E-state index contributed by atoms with van der Waals surface area (Å²) < 4.78 is 33.9. The van der Waals surface area contributed by atoms with Crippen molar-refractivity contribution in [2.24, 2.45) is 0 Å². The average Bonchev–Trinajstić information content (AvgIpc) is 3.30. The molecule has 0 amide bonds. The Labute approximate surface area is 415 Å². The molecule has 0 aliphatic heterocycles. The molecule has 68 heavy (non-hydrogen) atoms. The van der Waals surface area contributed by atoms with Gasteiger partial charge in [0.25, 0.3) is 7.82 Å². The normalized spacial score (nSPS) is 14.5. The minimum Gasteiger partial charge on any atom is -0.756 e. The molecular formula is C58H94NO8P. The van der Waals surface area contributed by atoms with Crippen LogP contribution in [0.4, 0.5) is 0 Å². The number of allylic oxidation sites excluding steroid dienone is 21. The summed E-state index contributed by atoms with van der Waals surface area (Å²) in [5.74, 6) is -0.999.